The Kier molecular flexibility index (Phi) is 4.04. The van der Waals surface area contributed by atoms with Crippen LogP contribution in [0, 0.1) is 17.5 Å². The summed E-state index contributed by atoms with van der Waals surface area (Å²) >= 11 is 0. The highest BCUT2D eigenvalue weighted by atomic mass is 19.2. The summed E-state index contributed by atoms with van der Waals surface area (Å²) in [6.45, 7) is 6.67. The molecule has 2 rings (SSSR count). The Morgan fingerprint density at radius 2 is 1.72 bits per heavy atom. The van der Waals surface area contributed by atoms with Crippen LogP contribution < -0.4 is 5.32 Å². The Balaban J connectivity index is 2.31. The summed E-state index contributed by atoms with van der Waals surface area (Å²) in [6.07, 6.45) is 1.56. The zero-order valence-electron chi connectivity index (χ0n) is 9.93. The quantitative estimate of drug-likeness (QED) is 0.659. The minimum absolute atomic E-state index is 0.130. The third kappa shape index (κ3) is 2.57. The number of nitrogens with one attached hydrogen (secondary N) is 1. The van der Waals surface area contributed by atoms with Crippen LogP contribution in [0.1, 0.15) is 11.6 Å². The lowest BCUT2D eigenvalue weighted by Gasteiger charge is -2.33. The first-order valence-corrected chi connectivity index (χ1v) is 5.85. The SMILES string of the molecule is C=C[C@H](c1cc(F)c(F)cc1F)N1CCNCC1. The standard InChI is InChI=1S/C13H15F3N2/c1-2-13(18-5-3-17-4-6-18)9-7-11(15)12(16)8-10(9)14/h2,7-8,13,17H,1,3-6H2/t13-/m1/s1. The summed E-state index contributed by atoms with van der Waals surface area (Å²) in [5.41, 5.74) is 0.130. The molecule has 0 unspecified atom stereocenters. The van der Waals surface area contributed by atoms with Crippen molar-refractivity contribution in [3.63, 3.8) is 0 Å². The van der Waals surface area contributed by atoms with Gasteiger partial charge in [0.15, 0.2) is 11.6 Å². The third-order valence-electron chi connectivity index (χ3n) is 3.13. The van der Waals surface area contributed by atoms with Crippen LogP contribution >= 0.6 is 0 Å². The molecule has 0 aromatic heterocycles. The monoisotopic (exact) mass is 256 g/mol. The van der Waals surface area contributed by atoms with Gasteiger partial charge in [-0.1, -0.05) is 6.08 Å². The van der Waals surface area contributed by atoms with Crippen molar-refractivity contribution in [3.05, 3.63) is 47.8 Å². The minimum atomic E-state index is -1.17. The number of hydrogen-bond acceptors (Lipinski definition) is 2. The molecule has 0 aliphatic carbocycles. The summed E-state index contributed by atoms with van der Waals surface area (Å²) in [6, 6.07) is 1.07. The van der Waals surface area contributed by atoms with Crippen LogP contribution in [0.25, 0.3) is 0 Å². The third-order valence-corrected chi connectivity index (χ3v) is 3.13. The molecular weight excluding hydrogens is 241 g/mol. The van der Waals surface area contributed by atoms with Crippen LogP contribution in [0.5, 0.6) is 0 Å². The first-order valence-electron chi connectivity index (χ1n) is 5.85. The maximum absolute atomic E-state index is 13.7. The first-order chi connectivity index (χ1) is 8.63. The van der Waals surface area contributed by atoms with E-state index in [1.807, 2.05) is 4.90 Å². The number of nitrogens with zero attached hydrogens (tertiary/aromatic N) is 1. The average Bonchev–Trinajstić information content (AvgIpc) is 2.38. The van der Waals surface area contributed by atoms with Crippen LogP contribution in [0.3, 0.4) is 0 Å². The van der Waals surface area contributed by atoms with E-state index in [0.717, 1.165) is 32.2 Å². The number of halogens is 3. The second-order valence-corrected chi connectivity index (χ2v) is 4.25. The molecule has 0 bridgehead atoms. The fourth-order valence-electron chi connectivity index (χ4n) is 2.20. The summed E-state index contributed by atoms with van der Waals surface area (Å²) in [5, 5.41) is 3.18. The largest absolute Gasteiger partial charge is 0.314 e. The van der Waals surface area contributed by atoms with Gasteiger partial charge in [0.05, 0.1) is 6.04 Å². The van der Waals surface area contributed by atoms with E-state index in [1.165, 1.54) is 0 Å². The van der Waals surface area contributed by atoms with E-state index in [-0.39, 0.29) is 5.56 Å². The molecule has 5 heteroatoms. The molecule has 1 aromatic rings. The maximum atomic E-state index is 13.7. The molecule has 0 saturated carbocycles. The van der Waals surface area contributed by atoms with E-state index in [4.69, 9.17) is 0 Å². The van der Waals surface area contributed by atoms with E-state index in [2.05, 4.69) is 11.9 Å². The first kappa shape index (κ1) is 13.1. The normalized spacial score (nSPS) is 18.6. The van der Waals surface area contributed by atoms with Gasteiger partial charge >= 0.3 is 0 Å². The fraction of sp³-hybridized carbons (Fsp3) is 0.385. The van der Waals surface area contributed by atoms with Gasteiger partial charge in [-0.05, 0) is 6.07 Å². The summed E-state index contributed by atoms with van der Waals surface area (Å²) in [5.74, 6) is -2.94. The molecule has 0 radical (unpaired) electrons. The van der Waals surface area contributed by atoms with Crippen LogP contribution in [-0.2, 0) is 0 Å². The molecule has 1 aromatic carbocycles. The Bertz CT molecular complexity index is 442. The topological polar surface area (TPSA) is 15.3 Å². The zero-order chi connectivity index (χ0) is 13.1. The van der Waals surface area contributed by atoms with Gasteiger partial charge in [-0.25, -0.2) is 13.2 Å². The fourth-order valence-corrected chi connectivity index (χ4v) is 2.20. The van der Waals surface area contributed by atoms with Crippen molar-refractivity contribution in [2.75, 3.05) is 26.2 Å². The molecule has 2 nitrogen and oxygen atoms in total. The summed E-state index contributed by atoms with van der Waals surface area (Å²) < 4.78 is 39.8. The molecule has 1 heterocycles. The molecular formula is C13H15F3N2. The molecule has 1 saturated heterocycles. The highest BCUT2D eigenvalue weighted by Gasteiger charge is 2.23. The van der Waals surface area contributed by atoms with Crippen LogP contribution in [-0.4, -0.2) is 31.1 Å². The zero-order valence-corrected chi connectivity index (χ0v) is 9.93. The molecule has 0 amide bonds. The van der Waals surface area contributed by atoms with Crippen molar-refractivity contribution >= 4 is 0 Å². The molecule has 0 spiro atoms. The van der Waals surface area contributed by atoms with Gasteiger partial charge in [0.1, 0.15) is 5.82 Å². The van der Waals surface area contributed by atoms with E-state index in [1.54, 1.807) is 6.08 Å². The molecule has 1 aliphatic rings. The molecule has 18 heavy (non-hydrogen) atoms. The highest BCUT2D eigenvalue weighted by Crippen LogP contribution is 2.26. The smallest absolute Gasteiger partial charge is 0.161 e. The van der Waals surface area contributed by atoms with Gasteiger partial charge in [-0.15, -0.1) is 6.58 Å². The Labute approximate surface area is 104 Å². The van der Waals surface area contributed by atoms with Crippen LogP contribution in [0.15, 0.2) is 24.8 Å². The Hall–Kier alpha value is -1.33. The average molecular weight is 256 g/mol. The van der Waals surface area contributed by atoms with Gasteiger partial charge in [0.25, 0.3) is 0 Å². The number of benzene rings is 1. The van der Waals surface area contributed by atoms with Crippen molar-refractivity contribution in [2.45, 2.75) is 6.04 Å². The van der Waals surface area contributed by atoms with Gasteiger partial charge in [0, 0.05) is 37.8 Å². The number of piperazine rings is 1. The van der Waals surface area contributed by atoms with Crippen molar-refractivity contribution in [1.82, 2.24) is 10.2 Å². The maximum Gasteiger partial charge on any atom is 0.161 e. The van der Waals surface area contributed by atoms with E-state index < -0.39 is 23.5 Å². The second kappa shape index (κ2) is 5.54. The summed E-state index contributed by atoms with van der Waals surface area (Å²) in [4.78, 5) is 1.99. The highest BCUT2D eigenvalue weighted by molar-refractivity contribution is 5.26. The lowest BCUT2D eigenvalue weighted by atomic mass is 10.0. The van der Waals surface area contributed by atoms with E-state index >= 15 is 0 Å². The minimum Gasteiger partial charge on any atom is -0.314 e. The van der Waals surface area contributed by atoms with Crippen LogP contribution in [0.2, 0.25) is 0 Å². The lowest BCUT2D eigenvalue weighted by molar-refractivity contribution is 0.200. The van der Waals surface area contributed by atoms with E-state index in [9.17, 15) is 13.2 Å². The van der Waals surface area contributed by atoms with Gasteiger partial charge in [-0.3, -0.25) is 4.90 Å². The summed E-state index contributed by atoms with van der Waals surface area (Å²) in [7, 11) is 0. The van der Waals surface area contributed by atoms with Gasteiger partial charge in [0.2, 0.25) is 0 Å². The molecule has 1 N–H and O–H groups in total. The molecule has 98 valence electrons. The Morgan fingerprint density at radius 3 is 2.33 bits per heavy atom. The van der Waals surface area contributed by atoms with Gasteiger partial charge < -0.3 is 5.32 Å². The number of hydrogen-bond donors (Lipinski definition) is 1. The number of rotatable bonds is 3. The predicted octanol–water partition coefficient (Wildman–Crippen LogP) is 2.24. The van der Waals surface area contributed by atoms with Crippen LogP contribution in [0.4, 0.5) is 13.2 Å². The van der Waals surface area contributed by atoms with Crippen molar-refractivity contribution in [3.8, 4) is 0 Å². The predicted molar refractivity (Wildman–Crippen MR) is 63.7 cm³/mol. The molecule has 1 atom stereocenters. The van der Waals surface area contributed by atoms with Gasteiger partial charge in [-0.2, -0.15) is 0 Å². The van der Waals surface area contributed by atoms with E-state index in [0.29, 0.717) is 6.07 Å². The van der Waals surface area contributed by atoms with Crippen molar-refractivity contribution < 1.29 is 13.2 Å². The second-order valence-electron chi connectivity index (χ2n) is 4.25. The lowest BCUT2D eigenvalue weighted by Crippen LogP contribution is -2.44. The van der Waals surface area contributed by atoms with Crippen molar-refractivity contribution in [2.24, 2.45) is 0 Å². The molecule has 1 aliphatic heterocycles. The van der Waals surface area contributed by atoms with Crippen molar-refractivity contribution in [1.29, 1.82) is 0 Å². The Morgan fingerprint density at radius 1 is 1.11 bits per heavy atom. The molecule has 1 fully saturated rings.